The average Bonchev–Trinajstić information content (AvgIpc) is 2.39. The van der Waals surface area contributed by atoms with Gasteiger partial charge in [0.05, 0.1) is 29.7 Å². The number of hydrogen-bond donors (Lipinski definition) is 2. The van der Waals surface area contributed by atoms with Crippen molar-refractivity contribution < 1.29 is 24.0 Å². The Balaban J connectivity index is 2.81. The van der Waals surface area contributed by atoms with Crippen molar-refractivity contribution in [1.82, 2.24) is 0 Å². The lowest BCUT2D eigenvalue weighted by molar-refractivity contribution is -0.385. The van der Waals surface area contributed by atoms with Crippen LogP contribution in [0.2, 0.25) is 0 Å². The Morgan fingerprint density at radius 1 is 1.60 bits per heavy atom. The molecule has 0 radical (unpaired) electrons. The van der Waals surface area contributed by atoms with E-state index in [1.807, 2.05) is 0 Å². The van der Waals surface area contributed by atoms with E-state index in [0.717, 1.165) is 6.07 Å². The number of carboxylic acids is 1. The van der Waals surface area contributed by atoms with Gasteiger partial charge in [0, 0.05) is 12.6 Å². The van der Waals surface area contributed by atoms with E-state index in [9.17, 15) is 19.3 Å². The number of methoxy groups -OCH3 is 1. The lowest BCUT2D eigenvalue weighted by Gasteiger charge is -2.11. The van der Waals surface area contributed by atoms with Crippen LogP contribution in [0.15, 0.2) is 12.1 Å². The van der Waals surface area contributed by atoms with Gasteiger partial charge < -0.3 is 15.2 Å². The fourth-order valence-corrected chi connectivity index (χ4v) is 1.53. The molecule has 2 N–H and O–H groups in total. The number of nitro groups is 1. The van der Waals surface area contributed by atoms with E-state index in [1.165, 1.54) is 20.1 Å². The monoisotopic (exact) mass is 286 g/mol. The van der Waals surface area contributed by atoms with E-state index in [1.54, 1.807) is 0 Å². The lowest BCUT2D eigenvalue weighted by Crippen LogP contribution is -2.15. The van der Waals surface area contributed by atoms with Gasteiger partial charge in [-0.05, 0) is 6.42 Å². The Bertz CT molecular complexity index is 521. The molecule has 0 fully saturated rings. The molecule has 110 valence electrons. The molecule has 1 aromatic rings. The zero-order valence-corrected chi connectivity index (χ0v) is 11.1. The first-order valence-corrected chi connectivity index (χ1v) is 5.85. The molecule has 0 spiro atoms. The Morgan fingerprint density at radius 3 is 2.75 bits per heavy atom. The van der Waals surface area contributed by atoms with Crippen LogP contribution >= 0.6 is 0 Å². The number of ether oxygens (including phenoxy) is 1. The molecule has 20 heavy (non-hydrogen) atoms. The number of anilines is 1. The normalized spacial score (nSPS) is 11.8. The number of nitrogens with zero attached hydrogens (tertiary/aromatic N) is 1. The highest BCUT2D eigenvalue weighted by molar-refractivity contribution is 5.69. The van der Waals surface area contributed by atoms with Crippen LogP contribution in [0.1, 0.15) is 13.3 Å². The third-order valence-corrected chi connectivity index (χ3v) is 2.78. The number of hydrogen-bond acceptors (Lipinski definition) is 5. The fourth-order valence-electron chi connectivity index (χ4n) is 1.53. The molecule has 0 amide bonds. The second-order valence-corrected chi connectivity index (χ2v) is 4.22. The minimum Gasteiger partial charge on any atom is -0.490 e. The first-order valence-electron chi connectivity index (χ1n) is 5.85. The lowest BCUT2D eigenvalue weighted by atomic mass is 10.1. The summed E-state index contributed by atoms with van der Waals surface area (Å²) in [6.45, 7) is 1.77. The first kappa shape index (κ1) is 15.7. The fraction of sp³-hybridized carbons (Fsp3) is 0.417. The van der Waals surface area contributed by atoms with Crippen LogP contribution < -0.4 is 10.1 Å². The summed E-state index contributed by atoms with van der Waals surface area (Å²) in [7, 11) is 1.25. The van der Waals surface area contributed by atoms with E-state index < -0.39 is 28.3 Å². The second kappa shape index (κ2) is 6.69. The molecular weight excluding hydrogens is 271 g/mol. The van der Waals surface area contributed by atoms with Gasteiger partial charge in [0.2, 0.25) is 0 Å². The SMILES string of the molecule is COc1cc(NCCC(C)C(=O)O)c(F)cc1[N+](=O)[O-]. The van der Waals surface area contributed by atoms with Gasteiger partial charge in [-0.15, -0.1) is 0 Å². The van der Waals surface area contributed by atoms with Gasteiger partial charge in [-0.3, -0.25) is 14.9 Å². The van der Waals surface area contributed by atoms with Crippen molar-refractivity contribution in [2.45, 2.75) is 13.3 Å². The van der Waals surface area contributed by atoms with Gasteiger partial charge in [0.15, 0.2) is 11.6 Å². The van der Waals surface area contributed by atoms with Crippen molar-refractivity contribution in [2.75, 3.05) is 19.0 Å². The third kappa shape index (κ3) is 3.81. The molecule has 1 unspecified atom stereocenters. The molecule has 0 aromatic heterocycles. The summed E-state index contributed by atoms with van der Waals surface area (Å²) in [5, 5.41) is 22.1. The number of carbonyl (C=O) groups is 1. The van der Waals surface area contributed by atoms with Crippen LogP contribution in [0.5, 0.6) is 5.75 Å². The van der Waals surface area contributed by atoms with Gasteiger partial charge in [-0.25, -0.2) is 4.39 Å². The van der Waals surface area contributed by atoms with Crippen LogP contribution in [-0.2, 0) is 4.79 Å². The molecule has 0 heterocycles. The summed E-state index contributed by atoms with van der Waals surface area (Å²) in [6, 6.07) is 1.95. The van der Waals surface area contributed by atoms with Crippen molar-refractivity contribution in [2.24, 2.45) is 5.92 Å². The molecule has 0 saturated heterocycles. The number of benzene rings is 1. The quantitative estimate of drug-likeness (QED) is 0.589. The number of rotatable bonds is 7. The van der Waals surface area contributed by atoms with Crippen LogP contribution in [0.25, 0.3) is 0 Å². The van der Waals surface area contributed by atoms with E-state index in [4.69, 9.17) is 9.84 Å². The number of halogens is 1. The molecular formula is C12H15FN2O5. The highest BCUT2D eigenvalue weighted by Crippen LogP contribution is 2.32. The van der Waals surface area contributed by atoms with E-state index in [0.29, 0.717) is 6.42 Å². The average molecular weight is 286 g/mol. The van der Waals surface area contributed by atoms with E-state index >= 15 is 0 Å². The van der Waals surface area contributed by atoms with Crippen molar-refractivity contribution in [1.29, 1.82) is 0 Å². The van der Waals surface area contributed by atoms with Crippen molar-refractivity contribution >= 4 is 17.3 Å². The van der Waals surface area contributed by atoms with Crippen LogP contribution in [0.3, 0.4) is 0 Å². The topological polar surface area (TPSA) is 102 Å². The summed E-state index contributed by atoms with van der Waals surface area (Å²) in [5.41, 5.74) is -0.431. The van der Waals surface area contributed by atoms with Gasteiger partial charge >= 0.3 is 11.7 Å². The molecule has 1 aromatic carbocycles. The molecule has 0 bridgehead atoms. The van der Waals surface area contributed by atoms with Crippen molar-refractivity contribution in [3.63, 3.8) is 0 Å². The number of aliphatic carboxylic acids is 1. The number of nitrogens with one attached hydrogen (secondary N) is 1. The summed E-state index contributed by atoms with van der Waals surface area (Å²) in [5.74, 6) is -2.36. The maximum absolute atomic E-state index is 13.7. The Labute approximate surface area is 114 Å². The van der Waals surface area contributed by atoms with E-state index in [2.05, 4.69) is 5.32 Å². The van der Waals surface area contributed by atoms with Gasteiger partial charge in [-0.2, -0.15) is 0 Å². The molecule has 0 saturated carbocycles. The minimum atomic E-state index is -0.937. The summed E-state index contributed by atoms with van der Waals surface area (Å²) >= 11 is 0. The van der Waals surface area contributed by atoms with Crippen molar-refractivity contribution in [3.8, 4) is 5.75 Å². The van der Waals surface area contributed by atoms with Crippen LogP contribution in [-0.4, -0.2) is 29.7 Å². The van der Waals surface area contributed by atoms with Gasteiger partial charge in [-0.1, -0.05) is 6.92 Å². The molecule has 0 aliphatic heterocycles. The highest BCUT2D eigenvalue weighted by atomic mass is 19.1. The Hall–Kier alpha value is -2.38. The standard InChI is InChI=1S/C12H15FN2O5/c1-7(12(16)17)3-4-14-9-6-11(20-2)10(15(18)19)5-8(9)13/h5-7,14H,3-4H2,1-2H3,(H,16,17). The van der Waals surface area contributed by atoms with Crippen LogP contribution in [0.4, 0.5) is 15.8 Å². The largest absolute Gasteiger partial charge is 0.490 e. The van der Waals surface area contributed by atoms with Crippen molar-refractivity contribution in [3.05, 3.63) is 28.1 Å². The first-order chi connectivity index (χ1) is 9.36. The Kier molecular flexibility index (Phi) is 5.24. The summed E-state index contributed by atoms with van der Waals surface area (Å²) in [4.78, 5) is 20.6. The Morgan fingerprint density at radius 2 is 2.25 bits per heavy atom. The predicted molar refractivity (Wildman–Crippen MR) is 69.5 cm³/mol. The molecule has 8 heteroatoms. The molecule has 1 rings (SSSR count). The minimum absolute atomic E-state index is 0.0324. The third-order valence-electron chi connectivity index (χ3n) is 2.78. The zero-order valence-electron chi connectivity index (χ0n) is 11.1. The van der Waals surface area contributed by atoms with E-state index in [-0.39, 0.29) is 18.0 Å². The van der Waals surface area contributed by atoms with Gasteiger partial charge in [0.1, 0.15) is 0 Å². The second-order valence-electron chi connectivity index (χ2n) is 4.22. The zero-order chi connectivity index (χ0) is 15.3. The van der Waals surface area contributed by atoms with Gasteiger partial charge in [0.25, 0.3) is 0 Å². The molecule has 0 aliphatic carbocycles. The highest BCUT2D eigenvalue weighted by Gasteiger charge is 2.19. The maximum atomic E-state index is 13.7. The predicted octanol–water partition coefficient (Wildman–Crippen LogP) is 2.27. The molecule has 0 aliphatic rings. The molecule has 1 atom stereocenters. The maximum Gasteiger partial charge on any atom is 0.313 e. The summed E-state index contributed by atoms with van der Waals surface area (Å²) < 4.78 is 18.5. The number of nitro benzene ring substituents is 1. The summed E-state index contributed by atoms with van der Waals surface area (Å²) in [6.07, 6.45) is 0.300. The number of carboxylic acid groups (broad SMARTS) is 1. The smallest absolute Gasteiger partial charge is 0.313 e. The molecule has 7 nitrogen and oxygen atoms in total. The van der Waals surface area contributed by atoms with Crippen LogP contribution in [0, 0.1) is 21.8 Å².